The zero-order valence-electron chi connectivity index (χ0n) is 20.9. The third kappa shape index (κ3) is 8.82. The van der Waals surface area contributed by atoms with E-state index in [4.69, 9.17) is 16.3 Å². The fourth-order valence-corrected chi connectivity index (χ4v) is 4.27. The second kappa shape index (κ2) is 13.8. The van der Waals surface area contributed by atoms with Crippen LogP contribution < -0.4 is 15.4 Å². The van der Waals surface area contributed by atoms with Crippen molar-refractivity contribution in [3.05, 3.63) is 41.4 Å². The summed E-state index contributed by atoms with van der Waals surface area (Å²) in [6, 6.07) is 4.65. The summed E-state index contributed by atoms with van der Waals surface area (Å²) in [5, 5.41) is 10.4. The second-order valence-electron chi connectivity index (χ2n) is 9.39. The zero-order valence-corrected chi connectivity index (χ0v) is 21.7. The van der Waals surface area contributed by atoms with Gasteiger partial charge in [-0.05, 0) is 49.8 Å². The van der Waals surface area contributed by atoms with Crippen molar-refractivity contribution in [2.45, 2.75) is 58.5 Å². The Labute approximate surface area is 216 Å². The van der Waals surface area contributed by atoms with E-state index in [2.05, 4.69) is 34.6 Å². The molecule has 1 aromatic carbocycles. The molecule has 1 aliphatic rings. The van der Waals surface area contributed by atoms with Gasteiger partial charge in [-0.2, -0.15) is 5.10 Å². The van der Waals surface area contributed by atoms with E-state index in [0.717, 1.165) is 0 Å². The lowest BCUT2D eigenvalue weighted by atomic mass is 10.0. The Hall–Kier alpha value is -3.14. The van der Waals surface area contributed by atoms with Gasteiger partial charge in [0.2, 0.25) is 11.8 Å². The Morgan fingerprint density at radius 1 is 1.28 bits per heavy atom. The van der Waals surface area contributed by atoms with Gasteiger partial charge in [0.1, 0.15) is 25.0 Å². The number of nitrogens with one attached hydrogen (secondary N) is 2. The molecule has 0 saturated heterocycles. The third-order valence-electron chi connectivity index (χ3n) is 5.82. The van der Waals surface area contributed by atoms with Crippen molar-refractivity contribution in [2.75, 3.05) is 26.2 Å². The maximum Gasteiger partial charge on any atom is 0.255 e. The summed E-state index contributed by atoms with van der Waals surface area (Å²) in [5.41, 5.74) is 0.358. The maximum atomic E-state index is 13.0. The van der Waals surface area contributed by atoms with Crippen molar-refractivity contribution in [3.8, 4) is 5.75 Å². The Kier molecular flexibility index (Phi) is 10.5. The molecular weight excluding hydrogens is 484 g/mol. The standard InChI is InChI=1S/C25H35ClN6O4/c1-18(2)12-20-15-36-22-8-7-19(26)13-21(22)25(35)28-9-3-4-10-31(14-23(33)30-20)24(34)6-5-11-32-17-27-16-29-32/h7-8,13,16-18,20H,3-6,9-12,14-15H2,1-2H3,(H,28,35)(H,30,33)/t20-/m0/s1. The average molecular weight is 519 g/mol. The van der Waals surface area contributed by atoms with E-state index in [1.165, 1.54) is 6.33 Å². The van der Waals surface area contributed by atoms with Crippen molar-refractivity contribution < 1.29 is 19.1 Å². The minimum absolute atomic E-state index is 0.0185. The van der Waals surface area contributed by atoms with Crippen LogP contribution in [0.5, 0.6) is 5.75 Å². The van der Waals surface area contributed by atoms with Gasteiger partial charge in [-0.3, -0.25) is 19.1 Å². The fraction of sp³-hybridized carbons (Fsp3) is 0.560. The van der Waals surface area contributed by atoms with E-state index in [1.807, 2.05) is 0 Å². The molecule has 2 aromatic rings. The van der Waals surface area contributed by atoms with Gasteiger partial charge < -0.3 is 20.3 Å². The van der Waals surface area contributed by atoms with Crippen LogP contribution in [0.1, 0.15) is 56.3 Å². The highest BCUT2D eigenvalue weighted by atomic mass is 35.5. The van der Waals surface area contributed by atoms with Crippen molar-refractivity contribution in [1.82, 2.24) is 30.3 Å². The molecule has 3 amide bonds. The topological polar surface area (TPSA) is 118 Å². The summed E-state index contributed by atoms with van der Waals surface area (Å²) < 4.78 is 7.66. The molecule has 1 aliphatic heterocycles. The molecule has 0 spiro atoms. The van der Waals surface area contributed by atoms with Crippen LogP contribution >= 0.6 is 11.6 Å². The number of carbonyl (C=O) groups is 3. The predicted octanol–water partition coefficient (Wildman–Crippen LogP) is 2.67. The first kappa shape index (κ1) is 27.4. The average Bonchev–Trinajstić information content (AvgIpc) is 3.34. The van der Waals surface area contributed by atoms with Crippen LogP contribution in [0.4, 0.5) is 0 Å². The number of rotatable bonds is 6. The van der Waals surface area contributed by atoms with Gasteiger partial charge in [0, 0.05) is 31.1 Å². The first-order valence-electron chi connectivity index (χ1n) is 12.4. The monoisotopic (exact) mass is 518 g/mol. The molecule has 0 unspecified atom stereocenters. The van der Waals surface area contributed by atoms with Crippen LogP contribution in [0, 0.1) is 5.92 Å². The lowest BCUT2D eigenvalue weighted by Crippen LogP contribution is -2.46. The summed E-state index contributed by atoms with van der Waals surface area (Å²) >= 11 is 6.13. The molecule has 10 nitrogen and oxygen atoms in total. The lowest BCUT2D eigenvalue weighted by molar-refractivity contribution is -0.136. The summed E-state index contributed by atoms with van der Waals surface area (Å²) in [4.78, 5) is 44.2. The largest absolute Gasteiger partial charge is 0.491 e. The number of hydrogen-bond donors (Lipinski definition) is 2. The van der Waals surface area contributed by atoms with Gasteiger partial charge in [-0.1, -0.05) is 25.4 Å². The SMILES string of the molecule is CC(C)C[C@H]1COc2ccc(Cl)cc2C(=O)NCCCCN(C(=O)CCCn2cncn2)CC(=O)N1. The van der Waals surface area contributed by atoms with Crippen LogP contribution in [-0.2, 0) is 16.1 Å². The Morgan fingerprint density at radius 3 is 2.86 bits per heavy atom. The third-order valence-corrected chi connectivity index (χ3v) is 6.05. The highest BCUT2D eigenvalue weighted by molar-refractivity contribution is 6.31. The van der Waals surface area contributed by atoms with Crippen molar-refractivity contribution >= 4 is 29.3 Å². The molecule has 2 N–H and O–H groups in total. The lowest BCUT2D eigenvalue weighted by Gasteiger charge is -2.25. The van der Waals surface area contributed by atoms with E-state index in [0.29, 0.717) is 74.0 Å². The number of nitrogens with zero attached hydrogens (tertiary/aromatic N) is 4. The summed E-state index contributed by atoms with van der Waals surface area (Å²) in [6.07, 6.45) is 5.96. The van der Waals surface area contributed by atoms with Gasteiger partial charge in [-0.25, -0.2) is 4.98 Å². The molecule has 0 aliphatic carbocycles. The van der Waals surface area contributed by atoms with E-state index in [9.17, 15) is 14.4 Å². The van der Waals surface area contributed by atoms with Crippen molar-refractivity contribution in [2.24, 2.45) is 5.92 Å². The molecular formula is C25H35ClN6O4. The zero-order chi connectivity index (χ0) is 25.9. The maximum absolute atomic E-state index is 13.0. The predicted molar refractivity (Wildman–Crippen MR) is 136 cm³/mol. The van der Waals surface area contributed by atoms with E-state index in [-0.39, 0.29) is 36.9 Å². The van der Waals surface area contributed by atoms with Crippen molar-refractivity contribution in [3.63, 3.8) is 0 Å². The minimum atomic E-state index is -0.279. The second-order valence-corrected chi connectivity index (χ2v) is 9.82. The molecule has 36 heavy (non-hydrogen) atoms. The number of aryl methyl sites for hydroxylation is 1. The number of ether oxygens (including phenoxy) is 1. The first-order valence-corrected chi connectivity index (χ1v) is 12.8. The number of fused-ring (bicyclic) bond motifs is 1. The highest BCUT2D eigenvalue weighted by Gasteiger charge is 2.22. The van der Waals surface area contributed by atoms with E-state index >= 15 is 0 Å². The normalized spacial score (nSPS) is 17.9. The van der Waals surface area contributed by atoms with Crippen LogP contribution in [0.15, 0.2) is 30.9 Å². The van der Waals surface area contributed by atoms with Crippen LogP contribution in [0.3, 0.4) is 0 Å². The molecule has 1 atom stereocenters. The Bertz CT molecular complexity index is 1010. The number of hydrogen-bond acceptors (Lipinski definition) is 6. The van der Waals surface area contributed by atoms with E-state index in [1.54, 1.807) is 34.1 Å². The molecule has 11 heteroatoms. The smallest absolute Gasteiger partial charge is 0.255 e. The van der Waals surface area contributed by atoms with Gasteiger partial charge in [-0.15, -0.1) is 0 Å². The molecule has 0 bridgehead atoms. The van der Waals surface area contributed by atoms with Gasteiger partial charge in [0.15, 0.2) is 0 Å². The molecule has 0 fully saturated rings. The number of amides is 3. The van der Waals surface area contributed by atoms with Gasteiger partial charge in [0.05, 0.1) is 18.2 Å². The molecule has 0 saturated carbocycles. The molecule has 0 radical (unpaired) electrons. The number of carbonyl (C=O) groups excluding carboxylic acids is 3. The van der Waals surface area contributed by atoms with Crippen LogP contribution in [0.25, 0.3) is 0 Å². The quantitative estimate of drug-likeness (QED) is 0.607. The van der Waals surface area contributed by atoms with Crippen LogP contribution in [-0.4, -0.2) is 69.7 Å². The number of benzene rings is 1. The summed E-state index contributed by atoms with van der Waals surface area (Å²) in [7, 11) is 0. The number of halogens is 1. The van der Waals surface area contributed by atoms with Crippen LogP contribution in [0.2, 0.25) is 5.02 Å². The fourth-order valence-electron chi connectivity index (χ4n) is 4.10. The Balaban J connectivity index is 1.70. The molecule has 2 heterocycles. The van der Waals surface area contributed by atoms with Crippen molar-refractivity contribution in [1.29, 1.82) is 0 Å². The summed E-state index contributed by atoms with van der Waals surface area (Å²) in [6.45, 7) is 5.74. The molecule has 1 aromatic heterocycles. The first-order chi connectivity index (χ1) is 17.3. The number of aromatic nitrogens is 3. The minimum Gasteiger partial charge on any atom is -0.491 e. The highest BCUT2D eigenvalue weighted by Crippen LogP contribution is 2.23. The summed E-state index contributed by atoms with van der Waals surface area (Å²) in [5.74, 6) is 0.141. The van der Waals surface area contributed by atoms with Gasteiger partial charge >= 0.3 is 0 Å². The molecule has 196 valence electrons. The Morgan fingerprint density at radius 2 is 2.11 bits per heavy atom. The van der Waals surface area contributed by atoms with Gasteiger partial charge in [0.25, 0.3) is 5.91 Å². The molecule has 3 rings (SSSR count). The van der Waals surface area contributed by atoms with E-state index < -0.39 is 0 Å².